The fourth-order valence-corrected chi connectivity index (χ4v) is 5.42. The van der Waals surface area contributed by atoms with E-state index in [2.05, 4.69) is 22.0 Å². The van der Waals surface area contributed by atoms with Crippen molar-refractivity contribution in [2.45, 2.75) is 33.2 Å². The van der Waals surface area contributed by atoms with Gasteiger partial charge in [0.15, 0.2) is 11.5 Å². The number of fused-ring (bicyclic) bond motifs is 1. The monoisotopic (exact) mass is 558 g/mol. The second-order valence-corrected chi connectivity index (χ2v) is 10.1. The summed E-state index contributed by atoms with van der Waals surface area (Å²) in [5.74, 6) is 0.460. The third kappa shape index (κ3) is 5.73. The van der Waals surface area contributed by atoms with Gasteiger partial charge in [-0.2, -0.15) is 0 Å². The van der Waals surface area contributed by atoms with Crippen LogP contribution in [0.4, 0.5) is 4.79 Å². The maximum atomic E-state index is 13.0. The first-order valence-electron chi connectivity index (χ1n) is 11.6. The number of nitrogens with zero attached hydrogens (tertiary/aromatic N) is 2. The number of amides is 3. The number of carbonyl (C=O) groups excluding carboxylic acids is 3. The van der Waals surface area contributed by atoms with E-state index < -0.39 is 11.1 Å². The first kappa shape index (κ1) is 25.3. The number of benzene rings is 2. The van der Waals surface area contributed by atoms with E-state index in [4.69, 9.17) is 9.47 Å². The van der Waals surface area contributed by atoms with Crippen molar-refractivity contribution < 1.29 is 23.9 Å². The number of hydrogen-bond acceptors (Lipinski definition) is 6. The van der Waals surface area contributed by atoms with Crippen molar-refractivity contribution >= 4 is 50.8 Å². The minimum absolute atomic E-state index is 0.234. The first-order chi connectivity index (χ1) is 16.9. The second-order valence-electron chi connectivity index (χ2n) is 8.21. The normalized spacial score (nSPS) is 16.6. The lowest BCUT2D eigenvalue weighted by atomic mass is 10.00. The number of imide groups is 1. The van der Waals surface area contributed by atoms with Gasteiger partial charge in [0.25, 0.3) is 11.1 Å². The molecule has 3 amide bonds. The molecule has 0 spiro atoms. The molecule has 4 rings (SSSR count). The molecule has 0 aliphatic carbocycles. The van der Waals surface area contributed by atoms with Gasteiger partial charge in [-0.3, -0.25) is 19.3 Å². The van der Waals surface area contributed by atoms with Crippen LogP contribution in [0.1, 0.15) is 37.0 Å². The van der Waals surface area contributed by atoms with Gasteiger partial charge in [-0.1, -0.05) is 31.2 Å². The van der Waals surface area contributed by atoms with E-state index in [1.165, 1.54) is 5.56 Å². The van der Waals surface area contributed by atoms with Crippen molar-refractivity contribution in [2.24, 2.45) is 0 Å². The standard InChI is InChI=1S/C26H27BrN2O5S/c1-3-11-34-24-20(27)12-17(13-21(24)33-4-2)14-22-25(31)29(26(32)35-22)16-23(30)28-10-9-18-7-5-6-8-19(18)15-28/h5-8,12-14H,3-4,9-11,15-16H2,1-2H3/b22-14-. The quantitative estimate of drug-likeness (QED) is 0.411. The Kier molecular flexibility index (Phi) is 8.18. The molecule has 0 unspecified atom stereocenters. The number of halogens is 1. The molecule has 1 saturated heterocycles. The predicted molar refractivity (Wildman–Crippen MR) is 139 cm³/mol. The van der Waals surface area contributed by atoms with Crippen molar-refractivity contribution in [3.05, 3.63) is 62.5 Å². The topological polar surface area (TPSA) is 76.2 Å². The van der Waals surface area contributed by atoms with E-state index >= 15 is 0 Å². The molecule has 0 N–H and O–H groups in total. The number of carbonyl (C=O) groups is 3. The molecule has 7 nitrogen and oxygen atoms in total. The lowest BCUT2D eigenvalue weighted by molar-refractivity contribution is -0.136. The maximum Gasteiger partial charge on any atom is 0.294 e. The Bertz CT molecular complexity index is 1180. The highest BCUT2D eigenvalue weighted by molar-refractivity contribution is 9.10. The van der Waals surface area contributed by atoms with E-state index in [1.54, 1.807) is 17.0 Å². The molecule has 2 aromatic rings. The summed E-state index contributed by atoms with van der Waals surface area (Å²) in [6, 6.07) is 11.6. The highest BCUT2D eigenvalue weighted by Crippen LogP contribution is 2.39. The van der Waals surface area contributed by atoms with Crippen molar-refractivity contribution in [1.82, 2.24) is 9.80 Å². The Labute approximate surface area is 217 Å². The SMILES string of the molecule is CCCOc1c(Br)cc(/C=C2\SC(=O)N(CC(=O)N3CCc4ccccc4C3)C2=O)cc1OCC. The Balaban J connectivity index is 1.48. The van der Waals surface area contributed by atoms with Crippen LogP contribution < -0.4 is 9.47 Å². The zero-order valence-electron chi connectivity index (χ0n) is 19.7. The van der Waals surface area contributed by atoms with Crippen LogP contribution in [-0.2, 0) is 22.6 Å². The highest BCUT2D eigenvalue weighted by Gasteiger charge is 2.37. The molecule has 9 heteroatoms. The van der Waals surface area contributed by atoms with Crippen LogP contribution in [0.5, 0.6) is 11.5 Å². The van der Waals surface area contributed by atoms with Crippen molar-refractivity contribution in [2.75, 3.05) is 26.3 Å². The van der Waals surface area contributed by atoms with E-state index in [9.17, 15) is 14.4 Å². The van der Waals surface area contributed by atoms with Crippen LogP contribution in [0, 0.1) is 0 Å². The van der Waals surface area contributed by atoms with Gasteiger partial charge >= 0.3 is 0 Å². The summed E-state index contributed by atoms with van der Waals surface area (Å²) in [7, 11) is 0. The molecule has 2 heterocycles. The smallest absolute Gasteiger partial charge is 0.294 e. The van der Waals surface area contributed by atoms with Gasteiger partial charge in [-0.25, -0.2) is 0 Å². The van der Waals surface area contributed by atoms with Crippen LogP contribution in [-0.4, -0.2) is 53.2 Å². The zero-order chi connectivity index (χ0) is 24.9. The van der Waals surface area contributed by atoms with Gasteiger partial charge < -0.3 is 14.4 Å². The Morgan fingerprint density at radius 1 is 1.14 bits per heavy atom. The fraction of sp³-hybridized carbons (Fsp3) is 0.346. The van der Waals surface area contributed by atoms with E-state index in [0.717, 1.165) is 35.1 Å². The molecule has 2 aliphatic heterocycles. The van der Waals surface area contributed by atoms with Gasteiger partial charge in [-0.15, -0.1) is 0 Å². The van der Waals surface area contributed by atoms with E-state index in [-0.39, 0.29) is 17.4 Å². The van der Waals surface area contributed by atoms with E-state index in [0.29, 0.717) is 47.8 Å². The average molecular weight is 559 g/mol. The fourth-order valence-electron chi connectivity index (χ4n) is 4.01. The molecular formula is C26H27BrN2O5S. The third-order valence-corrected chi connectivity index (χ3v) is 7.23. The minimum Gasteiger partial charge on any atom is -0.490 e. The summed E-state index contributed by atoms with van der Waals surface area (Å²) < 4.78 is 12.2. The number of ether oxygens (including phenoxy) is 2. The molecule has 35 heavy (non-hydrogen) atoms. The van der Waals surface area contributed by atoms with Gasteiger partial charge in [0, 0.05) is 13.1 Å². The summed E-state index contributed by atoms with van der Waals surface area (Å²) in [5, 5.41) is -0.445. The van der Waals surface area contributed by atoms with Crippen molar-refractivity contribution in [3.63, 3.8) is 0 Å². The summed E-state index contributed by atoms with van der Waals surface area (Å²) >= 11 is 4.36. The first-order valence-corrected chi connectivity index (χ1v) is 13.2. The van der Waals surface area contributed by atoms with Crippen LogP contribution in [0.25, 0.3) is 6.08 Å². The van der Waals surface area contributed by atoms with Gasteiger partial charge in [0.2, 0.25) is 5.91 Å². The molecular weight excluding hydrogens is 532 g/mol. The number of hydrogen-bond donors (Lipinski definition) is 0. The van der Waals surface area contributed by atoms with Crippen molar-refractivity contribution in [1.29, 1.82) is 0 Å². The number of rotatable bonds is 8. The van der Waals surface area contributed by atoms with Crippen LogP contribution in [0.3, 0.4) is 0 Å². The molecule has 1 fully saturated rings. The highest BCUT2D eigenvalue weighted by atomic mass is 79.9. The zero-order valence-corrected chi connectivity index (χ0v) is 22.1. The molecule has 0 radical (unpaired) electrons. The Morgan fingerprint density at radius 3 is 2.66 bits per heavy atom. The Morgan fingerprint density at radius 2 is 1.91 bits per heavy atom. The van der Waals surface area contributed by atoms with Gasteiger partial charge in [-0.05, 0) is 82.4 Å². The lowest BCUT2D eigenvalue weighted by Gasteiger charge is -2.29. The van der Waals surface area contributed by atoms with Crippen molar-refractivity contribution in [3.8, 4) is 11.5 Å². The molecule has 0 saturated carbocycles. The minimum atomic E-state index is -0.467. The molecule has 2 aromatic carbocycles. The summed E-state index contributed by atoms with van der Waals surface area (Å²) in [6.45, 7) is 5.71. The maximum absolute atomic E-state index is 13.0. The largest absolute Gasteiger partial charge is 0.490 e. The molecule has 184 valence electrons. The van der Waals surface area contributed by atoms with Gasteiger partial charge in [0.1, 0.15) is 6.54 Å². The van der Waals surface area contributed by atoms with Crippen LogP contribution >= 0.6 is 27.7 Å². The summed E-state index contributed by atoms with van der Waals surface area (Å²) in [6.07, 6.45) is 3.26. The predicted octanol–water partition coefficient (Wildman–Crippen LogP) is 5.26. The number of thioether (sulfide) groups is 1. The van der Waals surface area contributed by atoms with Crippen LogP contribution in [0.15, 0.2) is 45.8 Å². The summed E-state index contributed by atoms with van der Waals surface area (Å²) in [4.78, 5) is 41.5. The second kappa shape index (κ2) is 11.3. The van der Waals surface area contributed by atoms with E-state index in [1.807, 2.05) is 38.1 Å². The van der Waals surface area contributed by atoms with Crippen LogP contribution in [0.2, 0.25) is 0 Å². The molecule has 2 aliphatic rings. The third-order valence-electron chi connectivity index (χ3n) is 5.73. The molecule has 0 bridgehead atoms. The van der Waals surface area contributed by atoms with Gasteiger partial charge in [0.05, 0.1) is 22.6 Å². The summed E-state index contributed by atoms with van der Waals surface area (Å²) in [5.41, 5.74) is 3.02. The Hall–Kier alpha value is -2.78. The molecule has 0 atom stereocenters. The lowest BCUT2D eigenvalue weighted by Crippen LogP contribution is -2.44. The average Bonchev–Trinajstić information content (AvgIpc) is 3.10. The molecule has 0 aromatic heterocycles.